The number of carbonyl (C=O) groups is 1. The largest absolute Gasteiger partial charge is 0.512 e. The van der Waals surface area contributed by atoms with Gasteiger partial charge in [0.05, 0.1) is 11.3 Å². The molecule has 0 bridgehead atoms. The van der Waals surface area contributed by atoms with Crippen LogP contribution in [0.3, 0.4) is 0 Å². The maximum absolute atomic E-state index is 11.7. The van der Waals surface area contributed by atoms with Crippen molar-refractivity contribution < 1.29 is 30.0 Å². The number of nitrogens with zero attached hydrogens (tertiary/aromatic N) is 2. The van der Waals surface area contributed by atoms with Crippen LogP contribution < -0.4 is 0 Å². The van der Waals surface area contributed by atoms with E-state index in [1.54, 1.807) is 0 Å². The quantitative estimate of drug-likeness (QED) is 0.0581. The molecule has 4 heterocycles. The van der Waals surface area contributed by atoms with Crippen molar-refractivity contribution in [1.29, 1.82) is 0 Å². The van der Waals surface area contributed by atoms with E-state index < -0.39 is 0 Å². The summed E-state index contributed by atoms with van der Waals surface area (Å²) in [5.41, 5.74) is 4.66. The van der Waals surface area contributed by atoms with Crippen molar-refractivity contribution in [2.75, 3.05) is 0 Å². The summed E-state index contributed by atoms with van der Waals surface area (Å²) in [6, 6.07) is 29.6. The van der Waals surface area contributed by atoms with Crippen molar-refractivity contribution in [3.8, 4) is 0 Å². The van der Waals surface area contributed by atoms with Crippen LogP contribution in [0.1, 0.15) is 53.4 Å². The Balaban J connectivity index is 0.000000201. The summed E-state index contributed by atoms with van der Waals surface area (Å²) in [5.74, 6) is 0.547. The van der Waals surface area contributed by atoms with Crippen molar-refractivity contribution in [1.82, 2.24) is 9.38 Å². The van der Waals surface area contributed by atoms with Crippen LogP contribution in [0.2, 0.25) is 0 Å². The fourth-order valence-corrected chi connectivity index (χ4v) is 6.45. The summed E-state index contributed by atoms with van der Waals surface area (Å²) >= 11 is 0. The van der Waals surface area contributed by atoms with Crippen LogP contribution in [0.25, 0.3) is 59.8 Å². The van der Waals surface area contributed by atoms with Gasteiger partial charge in [-0.3, -0.25) is 9.78 Å². The van der Waals surface area contributed by atoms with Crippen molar-refractivity contribution >= 4 is 65.6 Å². The van der Waals surface area contributed by atoms with Gasteiger partial charge >= 0.3 is 0 Å². The van der Waals surface area contributed by atoms with Gasteiger partial charge < -0.3 is 9.51 Å². The normalized spacial score (nSPS) is 12.2. The van der Waals surface area contributed by atoms with E-state index >= 15 is 0 Å². The monoisotopic (exact) mass is 746 g/mol. The van der Waals surface area contributed by atoms with E-state index in [2.05, 4.69) is 83.3 Å². The van der Waals surface area contributed by atoms with Gasteiger partial charge in [-0.05, 0) is 49.3 Å². The third kappa shape index (κ3) is 5.30. The minimum Gasteiger partial charge on any atom is -0.512 e. The Morgan fingerprint density at radius 1 is 0.814 bits per heavy atom. The molecule has 0 aliphatic heterocycles. The van der Waals surface area contributed by atoms with Gasteiger partial charge in [0.1, 0.15) is 0 Å². The molecule has 221 valence electrons. The van der Waals surface area contributed by atoms with Gasteiger partial charge in [0.15, 0.2) is 5.78 Å². The molecule has 4 nitrogen and oxygen atoms in total. The number of fused-ring (bicyclic) bond motifs is 7. The molecule has 0 aliphatic rings. The third-order valence-electron chi connectivity index (χ3n) is 8.91. The minimum atomic E-state index is 0. The summed E-state index contributed by atoms with van der Waals surface area (Å²) in [7, 11) is 0. The first-order valence-corrected chi connectivity index (χ1v) is 15.2. The molecule has 0 amide bonds. The second kappa shape index (κ2) is 12.8. The van der Waals surface area contributed by atoms with E-state index in [1.807, 2.05) is 33.9 Å². The second-order valence-corrected chi connectivity index (χ2v) is 11.2. The van der Waals surface area contributed by atoms with E-state index in [0.29, 0.717) is 0 Å². The molecule has 1 N–H and O–H groups in total. The van der Waals surface area contributed by atoms with Crippen molar-refractivity contribution in [3.63, 3.8) is 0 Å². The summed E-state index contributed by atoms with van der Waals surface area (Å²) in [4.78, 5) is 16.5. The number of aromatic nitrogens is 2. The van der Waals surface area contributed by atoms with Crippen LogP contribution in [0, 0.1) is 17.9 Å². The SMILES string of the molecule is CCC(CC)C(=O)/C=C(\O)C(CC)CC.[Ir].[c-]1c2ccccc2cc2c1c1nccc3c4ccccc4c4ccc2n4c31. The number of benzene rings is 3. The fraction of sp³-hybridized carbons (Fsp3) is 0.263. The van der Waals surface area contributed by atoms with Gasteiger partial charge in [0, 0.05) is 71.5 Å². The number of hydrogen-bond acceptors (Lipinski definition) is 3. The van der Waals surface area contributed by atoms with Crippen molar-refractivity contribution in [2.45, 2.75) is 53.4 Å². The van der Waals surface area contributed by atoms with Crippen molar-refractivity contribution in [2.24, 2.45) is 11.8 Å². The Kier molecular flexibility index (Phi) is 9.15. The molecule has 0 aliphatic carbocycles. The molecule has 1 radical (unpaired) electrons. The summed E-state index contributed by atoms with van der Waals surface area (Å²) in [5, 5.41) is 18.2. The molecule has 0 saturated carbocycles. The molecule has 0 fully saturated rings. The van der Waals surface area contributed by atoms with Crippen LogP contribution >= 0.6 is 0 Å². The van der Waals surface area contributed by atoms with Gasteiger partial charge in [-0.25, -0.2) is 0 Å². The number of rotatable bonds is 7. The van der Waals surface area contributed by atoms with Crippen LogP contribution in [-0.4, -0.2) is 20.3 Å². The van der Waals surface area contributed by atoms with E-state index in [0.717, 1.165) is 42.0 Å². The fourth-order valence-electron chi connectivity index (χ4n) is 6.45. The predicted octanol–water partition coefficient (Wildman–Crippen LogP) is 10.2. The van der Waals surface area contributed by atoms with E-state index in [9.17, 15) is 9.90 Å². The molecule has 43 heavy (non-hydrogen) atoms. The molecule has 0 spiro atoms. The number of ketones is 1. The first-order valence-electron chi connectivity index (χ1n) is 15.2. The van der Waals surface area contributed by atoms with Crippen LogP contribution in [0.5, 0.6) is 0 Å². The Bertz CT molecular complexity index is 2080. The summed E-state index contributed by atoms with van der Waals surface area (Å²) in [6.45, 7) is 8.07. The Hall–Kier alpha value is -3.79. The van der Waals surface area contributed by atoms with E-state index in [4.69, 9.17) is 4.98 Å². The number of pyridine rings is 3. The number of allylic oxidation sites excluding steroid dienone is 2. The molecule has 5 heteroatoms. The molecule has 3 aromatic carbocycles. The number of carbonyl (C=O) groups excluding carboxylic acids is 1. The standard InChI is InChI=1S/C25H13N2.C13H24O2.Ir/c1-2-6-16-14-21-20(13-15(16)5-1)23-10-9-22-18-8-4-3-7-17(18)19-11-12-26-24(21)25(19)27(22)23;1-5-10(6-2)12(14)9-13(15)11(7-3)8-4;/h1-13H;9-11,14H,5-8H2,1-4H3;/q-1;;/b;12-9-;. The minimum absolute atomic E-state index is 0. The Morgan fingerprint density at radius 2 is 1.44 bits per heavy atom. The summed E-state index contributed by atoms with van der Waals surface area (Å²) in [6.07, 6.45) is 6.83. The molecular weight excluding hydrogens is 709 g/mol. The smallest absolute Gasteiger partial charge is 0.162 e. The maximum Gasteiger partial charge on any atom is 0.162 e. The molecule has 4 aromatic heterocycles. The number of aliphatic hydroxyl groups is 1. The zero-order valence-electron chi connectivity index (χ0n) is 25.1. The average molecular weight is 746 g/mol. The van der Waals surface area contributed by atoms with Crippen molar-refractivity contribution in [3.05, 3.63) is 96.9 Å². The third-order valence-corrected chi connectivity index (χ3v) is 8.91. The molecular formula is C38H37IrN2O2-. The molecule has 0 saturated heterocycles. The van der Waals surface area contributed by atoms with Crippen LogP contribution in [0.15, 0.2) is 90.8 Å². The van der Waals surface area contributed by atoms with Gasteiger partial charge in [-0.15, -0.1) is 23.6 Å². The first kappa shape index (κ1) is 30.7. The zero-order valence-corrected chi connectivity index (χ0v) is 27.5. The topological polar surface area (TPSA) is 54.6 Å². The van der Waals surface area contributed by atoms with Gasteiger partial charge in [0.25, 0.3) is 0 Å². The predicted molar refractivity (Wildman–Crippen MR) is 177 cm³/mol. The van der Waals surface area contributed by atoms with E-state index in [-0.39, 0.29) is 43.5 Å². The molecule has 0 atom stereocenters. The van der Waals surface area contributed by atoms with Gasteiger partial charge in [-0.2, -0.15) is 0 Å². The van der Waals surface area contributed by atoms with Gasteiger partial charge in [-0.1, -0.05) is 86.3 Å². The van der Waals surface area contributed by atoms with Crippen LogP contribution in [-0.2, 0) is 24.9 Å². The van der Waals surface area contributed by atoms with Crippen LogP contribution in [0.4, 0.5) is 0 Å². The van der Waals surface area contributed by atoms with E-state index in [1.165, 1.54) is 49.6 Å². The summed E-state index contributed by atoms with van der Waals surface area (Å²) < 4.78 is 2.38. The average Bonchev–Trinajstić information content (AvgIpc) is 3.48. The molecule has 7 aromatic rings. The number of hydrogen-bond donors (Lipinski definition) is 1. The zero-order chi connectivity index (χ0) is 29.4. The maximum atomic E-state index is 11.7. The molecule has 0 unspecified atom stereocenters. The number of aliphatic hydroxyl groups excluding tert-OH is 1. The first-order chi connectivity index (χ1) is 20.5. The Morgan fingerprint density at radius 3 is 2.14 bits per heavy atom. The Labute approximate surface area is 266 Å². The van der Waals surface area contributed by atoms with Gasteiger partial charge in [0.2, 0.25) is 0 Å². The molecule has 7 rings (SSSR count). The second-order valence-electron chi connectivity index (χ2n) is 11.2.